The number of anilines is 1. The van der Waals surface area contributed by atoms with Crippen molar-refractivity contribution < 1.29 is 23.1 Å². The molecule has 0 saturated carbocycles. The van der Waals surface area contributed by atoms with E-state index in [1.54, 1.807) is 31.4 Å². The minimum Gasteiger partial charge on any atom is -0.444 e. The van der Waals surface area contributed by atoms with Gasteiger partial charge in [0.1, 0.15) is 23.3 Å². The van der Waals surface area contributed by atoms with Gasteiger partial charge in [-0.05, 0) is 64.8 Å². The number of rotatable bonds is 4. The minimum atomic E-state index is -0.949. The minimum absolute atomic E-state index is 0.0115. The van der Waals surface area contributed by atoms with E-state index in [0.29, 0.717) is 29.1 Å². The summed E-state index contributed by atoms with van der Waals surface area (Å²) in [7, 11) is 0. The van der Waals surface area contributed by atoms with E-state index in [9.17, 15) is 14.0 Å². The highest BCUT2D eigenvalue weighted by Gasteiger charge is 2.30. The first-order valence-electron chi connectivity index (χ1n) is 11.8. The highest BCUT2D eigenvalue weighted by Crippen LogP contribution is 2.33. The van der Waals surface area contributed by atoms with Crippen LogP contribution < -0.4 is 10.7 Å². The Morgan fingerprint density at radius 3 is 2.50 bits per heavy atom. The number of nitrogens with zero attached hydrogens (tertiary/aromatic N) is 2. The molecule has 1 aromatic heterocycles. The van der Waals surface area contributed by atoms with Crippen molar-refractivity contribution in [2.45, 2.75) is 65.6 Å². The number of ether oxygens (including phenoxy) is 1. The van der Waals surface area contributed by atoms with Crippen molar-refractivity contribution in [3.63, 3.8) is 0 Å². The van der Waals surface area contributed by atoms with Crippen LogP contribution in [0.5, 0.6) is 0 Å². The molecule has 0 saturated heterocycles. The van der Waals surface area contributed by atoms with Crippen LogP contribution in [0.2, 0.25) is 0 Å². The Morgan fingerprint density at radius 1 is 1.17 bits per heavy atom. The van der Waals surface area contributed by atoms with Crippen molar-refractivity contribution >= 4 is 28.4 Å². The molecule has 0 bridgehead atoms. The molecule has 4 rings (SSSR count). The highest BCUT2D eigenvalue weighted by molar-refractivity contribution is 5.92. The Kier molecular flexibility index (Phi) is 6.60. The van der Waals surface area contributed by atoms with Crippen LogP contribution in [-0.4, -0.2) is 28.1 Å². The number of fused-ring (bicyclic) bond motifs is 1. The maximum Gasteiger partial charge on any atom is 0.412 e. The van der Waals surface area contributed by atoms with E-state index < -0.39 is 23.3 Å². The van der Waals surface area contributed by atoms with Gasteiger partial charge in [-0.1, -0.05) is 18.1 Å². The van der Waals surface area contributed by atoms with Gasteiger partial charge in [0.25, 0.3) is 0 Å². The zero-order valence-electron chi connectivity index (χ0n) is 21.1. The van der Waals surface area contributed by atoms with Gasteiger partial charge in [0.05, 0.1) is 28.5 Å². The van der Waals surface area contributed by atoms with Crippen LogP contribution in [-0.2, 0) is 16.0 Å². The lowest BCUT2D eigenvalue weighted by atomic mass is 9.90. The monoisotopic (exact) mass is 497 g/mol. The number of aromatic nitrogens is 1. The van der Waals surface area contributed by atoms with Crippen LogP contribution in [0.15, 0.2) is 46.3 Å². The van der Waals surface area contributed by atoms with E-state index in [-0.39, 0.29) is 28.8 Å². The van der Waals surface area contributed by atoms with Crippen LogP contribution in [0.25, 0.3) is 16.6 Å². The number of hydrogen-bond acceptors (Lipinski definition) is 5. The van der Waals surface area contributed by atoms with Crippen LogP contribution in [0.1, 0.15) is 58.7 Å². The summed E-state index contributed by atoms with van der Waals surface area (Å²) in [5.74, 6) is -1.93. The van der Waals surface area contributed by atoms with Crippen molar-refractivity contribution in [2.24, 2.45) is 5.16 Å². The second-order valence-corrected chi connectivity index (χ2v) is 9.90. The largest absolute Gasteiger partial charge is 0.444 e. The summed E-state index contributed by atoms with van der Waals surface area (Å²) < 4.78 is 36.7. The van der Waals surface area contributed by atoms with Crippen molar-refractivity contribution in [2.75, 3.05) is 5.32 Å². The third-order valence-electron chi connectivity index (χ3n) is 6.03. The predicted octanol–water partition coefficient (Wildman–Crippen LogP) is 6.06. The number of benzene rings is 2. The molecular weight excluding hydrogens is 468 g/mol. The van der Waals surface area contributed by atoms with Gasteiger partial charge < -0.3 is 14.1 Å². The molecule has 7 nitrogen and oxygen atoms in total. The van der Waals surface area contributed by atoms with Crippen molar-refractivity contribution in [1.82, 2.24) is 4.57 Å². The van der Waals surface area contributed by atoms with Crippen LogP contribution in [0.3, 0.4) is 0 Å². The molecule has 2 unspecified atom stereocenters. The molecule has 1 aliphatic heterocycles. The van der Waals surface area contributed by atoms with Gasteiger partial charge in [0.2, 0.25) is 0 Å². The number of aryl methyl sites for hydroxylation is 1. The van der Waals surface area contributed by atoms with Gasteiger partial charge in [0.15, 0.2) is 5.43 Å². The molecule has 2 aromatic carbocycles. The predicted molar refractivity (Wildman–Crippen MR) is 135 cm³/mol. The molecule has 0 aliphatic carbocycles. The maximum atomic E-state index is 15.3. The molecule has 2 atom stereocenters. The normalized spacial score (nSPS) is 17.6. The van der Waals surface area contributed by atoms with Gasteiger partial charge in [-0.3, -0.25) is 10.1 Å². The molecular formula is C27H29F2N3O4. The van der Waals surface area contributed by atoms with Gasteiger partial charge in [0, 0.05) is 23.2 Å². The van der Waals surface area contributed by atoms with E-state index in [1.807, 2.05) is 32.9 Å². The molecule has 0 fully saturated rings. The van der Waals surface area contributed by atoms with E-state index in [1.165, 1.54) is 12.1 Å². The van der Waals surface area contributed by atoms with Gasteiger partial charge in [-0.25, -0.2) is 13.6 Å². The van der Waals surface area contributed by atoms with Gasteiger partial charge >= 0.3 is 6.09 Å². The zero-order valence-corrected chi connectivity index (χ0v) is 21.1. The number of carbonyl (C=O) groups excluding carboxylic acids is 1. The van der Waals surface area contributed by atoms with Crippen LogP contribution in [0.4, 0.5) is 19.3 Å². The summed E-state index contributed by atoms with van der Waals surface area (Å²) in [6, 6.07) is 8.71. The second kappa shape index (κ2) is 9.37. The quantitative estimate of drug-likeness (QED) is 0.475. The summed E-state index contributed by atoms with van der Waals surface area (Å²) in [4.78, 5) is 30.6. The first kappa shape index (κ1) is 25.3. The van der Waals surface area contributed by atoms with E-state index in [0.717, 1.165) is 11.3 Å². The fourth-order valence-corrected chi connectivity index (χ4v) is 4.48. The molecule has 0 radical (unpaired) electrons. The van der Waals surface area contributed by atoms with Crippen molar-refractivity contribution in [3.8, 4) is 5.69 Å². The summed E-state index contributed by atoms with van der Waals surface area (Å²) in [6.45, 7) is 10.6. The standard InChI is InChI=1S/C27H29F2N3O4/c1-7-17-11-24(33)18-9-8-16(25-14(2)31-36-15(25)3)10-22(18)32(17)23-13-21(19(28)12-20(23)29)30-26(34)35-27(4,5)6/h8-13,15,25H,7H2,1-6H3,(H,30,34). The third-order valence-corrected chi connectivity index (χ3v) is 6.03. The van der Waals surface area contributed by atoms with Crippen molar-refractivity contribution in [3.05, 3.63) is 69.5 Å². The number of halogens is 2. The van der Waals surface area contributed by atoms with E-state index >= 15 is 4.39 Å². The molecule has 1 amide bonds. The molecule has 1 N–H and O–H groups in total. The zero-order chi connectivity index (χ0) is 26.4. The Hall–Kier alpha value is -3.75. The molecule has 3 aromatic rings. The van der Waals surface area contributed by atoms with Gasteiger partial charge in [-0.2, -0.15) is 0 Å². The summed E-state index contributed by atoms with van der Waals surface area (Å²) in [5, 5.41) is 6.81. The lowest BCUT2D eigenvalue weighted by Crippen LogP contribution is -2.27. The molecule has 2 heterocycles. The number of amides is 1. The lowest BCUT2D eigenvalue weighted by molar-refractivity contribution is 0.0635. The third kappa shape index (κ3) is 4.82. The average molecular weight is 498 g/mol. The molecule has 9 heteroatoms. The Morgan fingerprint density at radius 2 is 1.89 bits per heavy atom. The highest BCUT2D eigenvalue weighted by atomic mass is 19.1. The number of oxime groups is 1. The summed E-state index contributed by atoms with van der Waals surface area (Å²) in [6.07, 6.45) is -0.666. The van der Waals surface area contributed by atoms with Crippen LogP contribution in [0, 0.1) is 11.6 Å². The van der Waals surface area contributed by atoms with Gasteiger partial charge in [-0.15, -0.1) is 0 Å². The van der Waals surface area contributed by atoms with Crippen molar-refractivity contribution in [1.29, 1.82) is 0 Å². The first-order chi connectivity index (χ1) is 16.9. The smallest absolute Gasteiger partial charge is 0.412 e. The Balaban J connectivity index is 1.92. The van der Waals surface area contributed by atoms with E-state index in [2.05, 4.69) is 10.5 Å². The molecule has 1 aliphatic rings. The maximum absolute atomic E-state index is 15.3. The fraction of sp³-hybridized carbons (Fsp3) is 0.370. The average Bonchev–Trinajstić information content (AvgIpc) is 3.12. The number of hydrogen-bond donors (Lipinski definition) is 1. The van der Waals surface area contributed by atoms with Crippen LogP contribution >= 0.6 is 0 Å². The molecule has 0 spiro atoms. The van der Waals surface area contributed by atoms with E-state index in [4.69, 9.17) is 9.57 Å². The molecule has 36 heavy (non-hydrogen) atoms. The first-order valence-corrected chi connectivity index (χ1v) is 11.8. The topological polar surface area (TPSA) is 81.9 Å². The Labute approximate surface area is 207 Å². The SMILES string of the molecule is CCc1cc(=O)c2ccc(C3C(C)=NOC3C)cc2n1-c1cc(NC(=O)OC(C)(C)C)c(F)cc1F. The number of nitrogens with one attached hydrogen (secondary N) is 1. The fourth-order valence-electron chi connectivity index (χ4n) is 4.48. The number of pyridine rings is 1. The summed E-state index contributed by atoms with van der Waals surface area (Å²) in [5.41, 5.74) is 1.36. The molecule has 190 valence electrons. The summed E-state index contributed by atoms with van der Waals surface area (Å²) >= 11 is 0. The second-order valence-electron chi connectivity index (χ2n) is 9.90. The lowest BCUT2D eigenvalue weighted by Gasteiger charge is -2.22. The number of carbonyl (C=O) groups is 1. The Bertz CT molecular complexity index is 1440.